The summed E-state index contributed by atoms with van der Waals surface area (Å²) in [6.07, 6.45) is 7.71. The zero-order valence-corrected chi connectivity index (χ0v) is 12.3. The molecule has 2 rings (SSSR count). The van der Waals surface area contributed by atoms with Crippen LogP contribution in [0.25, 0.3) is 0 Å². The van der Waals surface area contributed by atoms with E-state index in [-0.39, 0.29) is 6.42 Å². The molecule has 0 saturated heterocycles. The summed E-state index contributed by atoms with van der Waals surface area (Å²) >= 11 is 0. The molecule has 1 saturated carbocycles. The Balaban J connectivity index is 1.86. The zero-order valence-electron chi connectivity index (χ0n) is 12.3. The topological polar surface area (TPSA) is 40.5 Å². The van der Waals surface area contributed by atoms with Gasteiger partial charge in [-0.1, -0.05) is 31.4 Å². The lowest BCUT2D eigenvalue weighted by atomic mass is 9.89. The average Bonchev–Trinajstić information content (AvgIpc) is 2.46. The van der Waals surface area contributed by atoms with Crippen LogP contribution in [0.5, 0.6) is 0 Å². The highest BCUT2D eigenvalue weighted by Crippen LogP contribution is 2.26. The van der Waals surface area contributed by atoms with Gasteiger partial charge in [0.25, 0.3) is 0 Å². The molecule has 1 fully saturated rings. The van der Waals surface area contributed by atoms with E-state index in [0.29, 0.717) is 6.42 Å². The lowest BCUT2D eigenvalue weighted by Crippen LogP contribution is -2.26. The fraction of sp³-hybridized carbons (Fsp3) is 0.588. The lowest BCUT2D eigenvalue weighted by Gasteiger charge is -2.28. The predicted molar refractivity (Wildman–Crippen MR) is 82.2 cm³/mol. The Labute approximate surface area is 121 Å². The minimum absolute atomic E-state index is 0.206. The molecule has 0 aliphatic heterocycles. The smallest absolute Gasteiger partial charge is 0.303 e. The number of hydrogen-bond acceptors (Lipinski definition) is 2. The highest BCUT2D eigenvalue weighted by Gasteiger charge is 2.15. The molecule has 1 N–H and O–H groups in total. The number of aliphatic carboxylic acids is 1. The molecule has 0 radical (unpaired) electrons. The summed E-state index contributed by atoms with van der Waals surface area (Å²) in [6.45, 7) is 1.13. The first kappa shape index (κ1) is 14.9. The van der Waals surface area contributed by atoms with Gasteiger partial charge in [0.1, 0.15) is 0 Å². The summed E-state index contributed by atoms with van der Waals surface area (Å²) in [6, 6.07) is 8.32. The van der Waals surface area contributed by atoms with Gasteiger partial charge in [-0.15, -0.1) is 0 Å². The summed E-state index contributed by atoms with van der Waals surface area (Å²) in [5.74, 6) is 0.101. The van der Waals surface area contributed by atoms with E-state index < -0.39 is 5.97 Å². The first-order chi connectivity index (χ1) is 9.65. The van der Waals surface area contributed by atoms with Gasteiger partial charge in [0.2, 0.25) is 0 Å². The average molecular weight is 275 g/mol. The van der Waals surface area contributed by atoms with Crippen molar-refractivity contribution >= 4 is 11.7 Å². The number of carboxylic acid groups (broad SMARTS) is 1. The summed E-state index contributed by atoms with van der Waals surface area (Å²) in [5.41, 5.74) is 2.33. The van der Waals surface area contributed by atoms with Crippen LogP contribution in [0.15, 0.2) is 24.3 Å². The molecule has 1 aromatic carbocycles. The Hall–Kier alpha value is -1.51. The van der Waals surface area contributed by atoms with Crippen LogP contribution in [-0.2, 0) is 11.2 Å². The van der Waals surface area contributed by atoms with Crippen LogP contribution in [0.1, 0.15) is 44.1 Å². The maximum atomic E-state index is 10.6. The van der Waals surface area contributed by atoms with E-state index in [9.17, 15) is 4.79 Å². The molecule has 0 heterocycles. The van der Waals surface area contributed by atoms with Gasteiger partial charge >= 0.3 is 5.97 Å². The van der Waals surface area contributed by atoms with Crippen molar-refractivity contribution in [1.82, 2.24) is 0 Å². The van der Waals surface area contributed by atoms with Gasteiger partial charge in [0.05, 0.1) is 0 Å². The maximum Gasteiger partial charge on any atom is 0.303 e. The highest BCUT2D eigenvalue weighted by molar-refractivity contribution is 5.67. The SMILES string of the molecule is CN(CC1CCCCC1)c1ccc(CCC(=O)O)cc1. The Morgan fingerprint density at radius 2 is 1.85 bits per heavy atom. The van der Waals surface area contributed by atoms with Crippen LogP contribution in [0, 0.1) is 5.92 Å². The molecular weight excluding hydrogens is 250 g/mol. The third-order valence-electron chi connectivity index (χ3n) is 4.26. The first-order valence-electron chi connectivity index (χ1n) is 7.67. The lowest BCUT2D eigenvalue weighted by molar-refractivity contribution is -0.136. The number of aryl methyl sites for hydroxylation is 1. The van der Waals surface area contributed by atoms with E-state index in [1.807, 2.05) is 0 Å². The number of carboxylic acids is 1. The quantitative estimate of drug-likeness (QED) is 0.860. The fourth-order valence-corrected chi connectivity index (χ4v) is 3.03. The molecule has 110 valence electrons. The van der Waals surface area contributed by atoms with Crippen LogP contribution < -0.4 is 4.90 Å². The Kier molecular flexibility index (Phi) is 5.45. The number of benzene rings is 1. The monoisotopic (exact) mass is 275 g/mol. The van der Waals surface area contributed by atoms with E-state index in [4.69, 9.17) is 5.11 Å². The van der Waals surface area contributed by atoms with Gasteiger partial charge in [0.15, 0.2) is 0 Å². The van der Waals surface area contributed by atoms with E-state index in [2.05, 4.69) is 36.2 Å². The van der Waals surface area contributed by atoms with E-state index in [1.165, 1.54) is 37.8 Å². The molecule has 0 amide bonds. The minimum atomic E-state index is -0.733. The molecule has 0 unspecified atom stereocenters. The van der Waals surface area contributed by atoms with Crippen molar-refractivity contribution in [3.63, 3.8) is 0 Å². The van der Waals surface area contributed by atoms with Crippen molar-refractivity contribution in [2.75, 3.05) is 18.5 Å². The predicted octanol–water partition coefficient (Wildman–Crippen LogP) is 3.72. The minimum Gasteiger partial charge on any atom is -0.481 e. The molecule has 0 atom stereocenters. The van der Waals surface area contributed by atoms with Gasteiger partial charge in [-0.3, -0.25) is 4.79 Å². The van der Waals surface area contributed by atoms with E-state index >= 15 is 0 Å². The molecular formula is C17H25NO2. The van der Waals surface area contributed by atoms with Gasteiger partial charge in [-0.25, -0.2) is 0 Å². The van der Waals surface area contributed by atoms with Crippen molar-refractivity contribution in [2.24, 2.45) is 5.92 Å². The number of rotatable bonds is 6. The summed E-state index contributed by atoms with van der Waals surface area (Å²) in [4.78, 5) is 12.9. The molecule has 0 aromatic heterocycles. The van der Waals surface area contributed by atoms with Gasteiger partial charge in [-0.2, -0.15) is 0 Å². The standard InChI is InChI=1S/C17H25NO2/c1-18(13-15-5-3-2-4-6-15)16-10-7-14(8-11-16)9-12-17(19)20/h7-8,10-11,15H,2-6,9,12-13H2,1H3,(H,19,20). The number of carbonyl (C=O) groups is 1. The van der Waals surface area contributed by atoms with Gasteiger partial charge in [0, 0.05) is 25.7 Å². The van der Waals surface area contributed by atoms with Crippen LogP contribution in [0.3, 0.4) is 0 Å². The second-order valence-corrected chi connectivity index (χ2v) is 5.94. The van der Waals surface area contributed by atoms with Gasteiger partial charge in [-0.05, 0) is 42.9 Å². The largest absolute Gasteiger partial charge is 0.481 e. The van der Waals surface area contributed by atoms with Crippen LogP contribution in [0.2, 0.25) is 0 Å². The highest BCUT2D eigenvalue weighted by atomic mass is 16.4. The molecule has 1 aliphatic rings. The zero-order chi connectivity index (χ0) is 14.4. The normalized spacial score (nSPS) is 16.1. The second kappa shape index (κ2) is 7.32. The van der Waals surface area contributed by atoms with Crippen molar-refractivity contribution in [1.29, 1.82) is 0 Å². The Bertz CT molecular complexity index is 421. The number of hydrogen-bond donors (Lipinski definition) is 1. The van der Waals surface area contributed by atoms with Crippen LogP contribution >= 0.6 is 0 Å². The van der Waals surface area contributed by atoms with E-state index in [1.54, 1.807) is 0 Å². The first-order valence-corrected chi connectivity index (χ1v) is 7.67. The molecule has 1 aromatic rings. The Morgan fingerprint density at radius 1 is 1.20 bits per heavy atom. The second-order valence-electron chi connectivity index (χ2n) is 5.94. The van der Waals surface area contributed by atoms with E-state index in [0.717, 1.165) is 18.0 Å². The Morgan fingerprint density at radius 3 is 2.45 bits per heavy atom. The molecule has 0 spiro atoms. The molecule has 0 bridgehead atoms. The van der Waals surface area contributed by atoms with Crippen molar-refractivity contribution < 1.29 is 9.90 Å². The van der Waals surface area contributed by atoms with Gasteiger partial charge < -0.3 is 10.0 Å². The van der Waals surface area contributed by atoms with Crippen molar-refractivity contribution in [3.05, 3.63) is 29.8 Å². The maximum absolute atomic E-state index is 10.6. The fourth-order valence-electron chi connectivity index (χ4n) is 3.03. The van der Waals surface area contributed by atoms with Crippen molar-refractivity contribution in [2.45, 2.75) is 44.9 Å². The number of nitrogens with zero attached hydrogens (tertiary/aromatic N) is 1. The van der Waals surface area contributed by atoms with Crippen LogP contribution in [0.4, 0.5) is 5.69 Å². The molecule has 1 aliphatic carbocycles. The van der Waals surface area contributed by atoms with Crippen LogP contribution in [-0.4, -0.2) is 24.7 Å². The molecule has 3 nitrogen and oxygen atoms in total. The number of anilines is 1. The third-order valence-corrected chi connectivity index (χ3v) is 4.26. The molecule has 3 heteroatoms. The summed E-state index contributed by atoms with van der Waals surface area (Å²) in [7, 11) is 2.15. The third kappa shape index (κ3) is 4.55. The summed E-state index contributed by atoms with van der Waals surface area (Å²) in [5, 5.41) is 8.69. The summed E-state index contributed by atoms with van der Waals surface area (Å²) < 4.78 is 0. The van der Waals surface area contributed by atoms with Crippen molar-refractivity contribution in [3.8, 4) is 0 Å². The molecule has 20 heavy (non-hydrogen) atoms.